The van der Waals surface area contributed by atoms with E-state index in [1.54, 1.807) is 36.2 Å². The number of benzene rings is 3. The Morgan fingerprint density at radius 1 is 1.12 bits per heavy atom. The van der Waals surface area contributed by atoms with Gasteiger partial charge >= 0.3 is 0 Å². The summed E-state index contributed by atoms with van der Waals surface area (Å²) in [5, 5.41) is 3.81. The van der Waals surface area contributed by atoms with Gasteiger partial charge in [0.1, 0.15) is 17.3 Å². The lowest BCUT2D eigenvalue weighted by atomic mass is 9.95. The highest BCUT2D eigenvalue weighted by molar-refractivity contribution is 7.91. The number of amides is 1. The van der Waals surface area contributed by atoms with E-state index in [1.807, 2.05) is 30.3 Å². The first-order valence-corrected chi connectivity index (χ1v) is 15.3. The van der Waals surface area contributed by atoms with Crippen molar-refractivity contribution in [1.82, 2.24) is 15.0 Å². The standard InChI is InChI=1S/C30H29F2N5O5S/c1-36-13-5-12-30(32,18-36)29-34-27(35-42-29)22-14-25-26(15-23(22)31)43(39,40)17-24(33)28(38)37(25)16-19-8-10-21(11-9-19)41-20-6-3-2-4-7-20/h2-4,6-11,14-15,24H,5,12-13,16-18,33H2,1H3/t24-,30?/m0/s1. The van der Waals surface area contributed by atoms with Gasteiger partial charge in [-0.15, -0.1) is 0 Å². The molecule has 1 aromatic heterocycles. The average Bonchev–Trinajstić information content (AvgIpc) is 3.46. The van der Waals surface area contributed by atoms with Crippen LogP contribution in [0.5, 0.6) is 11.5 Å². The summed E-state index contributed by atoms with van der Waals surface area (Å²) in [6, 6.07) is 16.7. The molecule has 3 aromatic carbocycles. The maximum atomic E-state index is 15.7. The van der Waals surface area contributed by atoms with Crippen molar-refractivity contribution in [2.45, 2.75) is 36.0 Å². The Hall–Kier alpha value is -4.20. The van der Waals surface area contributed by atoms with Crippen LogP contribution < -0.4 is 15.4 Å². The van der Waals surface area contributed by atoms with E-state index >= 15 is 8.78 Å². The Bertz CT molecular complexity index is 1770. The first-order valence-electron chi connectivity index (χ1n) is 13.7. The number of piperidine rings is 1. The van der Waals surface area contributed by atoms with Crippen LogP contribution in [0.25, 0.3) is 11.4 Å². The fourth-order valence-electron chi connectivity index (χ4n) is 5.43. The Morgan fingerprint density at radius 3 is 2.56 bits per heavy atom. The normalized spacial score (nSPS) is 22.2. The molecule has 4 aromatic rings. The number of carbonyl (C=O) groups excluding carboxylic acids is 1. The van der Waals surface area contributed by atoms with Crippen LogP contribution in [-0.2, 0) is 26.8 Å². The molecule has 1 unspecified atom stereocenters. The molecule has 0 bridgehead atoms. The van der Waals surface area contributed by atoms with Gasteiger partial charge in [0.15, 0.2) is 9.84 Å². The van der Waals surface area contributed by atoms with Gasteiger partial charge in [0, 0.05) is 6.54 Å². The molecule has 2 aliphatic rings. The van der Waals surface area contributed by atoms with Crippen molar-refractivity contribution in [2.75, 3.05) is 30.8 Å². The van der Waals surface area contributed by atoms with E-state index in [1.165, 1.54) is 11.0 Å². The lowest BCUT2D eigenvalue weighted by molar-refractivity contribution is -0.119. The molecule has 1 saturated heterocycles. The van der Waals surface area contributed by atoms with Gasteiger partial charge in [-0.05, 0) is 68.4 Å². The zero-order chi connectivity index (χ0) is 30.4. The molecule has 0 spiro atoms. The summed E-state index contributed by atoms with van der Waals surface area (Å²) in [4.78, 5) is 20.2. The number of nitrogens with two attached hydrogens (primary N) is 1. The first kappa shape index (κ1) is 28.9. The Balaban J connectivity index is 1.36. The van der Waals surface area contributed by atoms with Gasteiger partial charge in [0.05, 0.1) is 34.5 Å². The molecule has 0 saturated carbocycles. The Kier molecular flexibility index (Phi) is 7.48. The number of sulfone groups is 1. The summed E-state index contributed by atoms with van der Waals surface area (Å²) >= 11 is 0. The van der Waals surface area contributed by atoms with Crippen molar-refractivity contribution < 1.29 is 31.3 Å². The molecule has 1 amide bonds. The van der Waals surface area contributed by atoms with Gasteiger partial charge in [-0.1, -0.05) is 35.5 Å². The molecule has 224 valence electrons. The number of para-hydroxylation sites is 1. The lowest BCUT2D eigenvalue weighted by Crippen LogP contribution is -2.45. The fourth-order valence-corrected chi connectivity index (χ4v) is 6.99. The second-order valence-corrected chi connectivity index (χ2v) is 12.9. The zero-order valence-electron chi connectivity index (χ0n) is 23.2. The Labute approximate surface area is 247 Å². The first-order chi connectivity index (χ1) is 20.5. The SMILES string of the molecule is CN1CCCC(F)(c2nc(-c3cc4c(cc3F)S(=O)(=O)C[C@H](N)C(=O)N4Cc3ccc(Oc4ccccc4)cc3)no2)C1. The van der Waals surface area contributed by atoms with Crippen molar-refractivity contribution in [2.24, 2.45) is 5.73 Å². The van der Waals surface area contributed by atoms with E-state index < -0.39 is 43.9 Å². The number of likely N-dealkylation sites (tertiary alicyclic amines) is 1. The molecule has 2 N–H and O–H groups in total. The van der Waals surface area contributed by atoms with E-state index in [4.69, 9.17) is 15.0 Å². The van der Waals surface area contributed by atoms with Gasteiger partial charge in [-0.2, -0.15) is 4.98 Å². The van der Waals surface area contributed by atoms with Gasteiger partial charge < -0.3 is 24.8 Å². The van der Waals surface area contributed by atoms with Gasteiger partial charge in [0.2, 0.25) is 17.4 Å². The van der Waals surface area contributed by atoms with Gasteiger partial charge in [0.25, 0.3) is 5.89 Å². The number of hydrogen-bond donors (Lipinski definition) is 1. The molecule has 2 aliphatic heterocycles. The largest absolute Gasteiger partial charge is 0.457 e. The number of hydrogen-bond acceptors (Lipinski definition) is 9. The van der Waals surface area contributed by atoms with Crippen LogP contribution in [0, 0.1) is 5.82 Å². The monoisotopic (exact) mass is 609 g/mol. The van der Waals surface area contributed by atoms with Crippen LogP contribution in [0.2, 0.25) is 0 Å². The van der Waals surface area contributed by atoms with Crippen molar-refractivity contribution in [3.05, 3.63) is 84.0 Å². The predicted octanol–water partition coefficient (Wildman–Crippen LogP) is 4.21. The number of likely N-dealkylation sites (N-methyl/N-ethyl adjacent to an activating group) is 1. The zero-order valence-corrected chi connectivity index (χ0v) is 24.1. The molecule has 13 heteroatoms. The second kappa shape index (κ2) is 11.1. The summed E-state index contributed by atoms with van der Waals surface area (Å²) < 4.78 is 68.6. The third-order valence-electron chi connectivity index (χ3n) is 7.58. The summed E-state index contributed by atoms with van der Waals surface area (Å²) in [5.74, 6) is -1.66. The fraction of sp³-hybridized carbons (Fsp3) is 0.300. The number of rotatable bonds is 6. The third-order valence-corrected chi connectivity index (χ3v) is 9.38. The van der Waals surface area contributed by atoms with E-state index in [0.29, 0.717) is 23.5 Å². The van der Waals surface area contributed by atoms with Gasteiger partial charge in [-0.25, -0.2) is 17.2 Å². The molecule has 43 heavy (non-hydrogen) atoms. The van der Waals surface area contributed by atoms with Crippen molar-refractivity contribution in [1.29, 1.82) is 0 Å². The number of carbonyl (C=O) groups is 1. The summed E-state index contributed by atoms with van der Waals surface area (Å²) in [7, 11) is -2.38. The minimum absolute atomic E-state index is 0.0366. The predicted molar refractivity (Wildman–Crippen MR) is 153 cm³/mol. The highest BCUT2D eigenvalue weighted by Gasteiger charge is 2.42. The number of nitrogens with zero attached hydrogens (tertiary/aromatic N) is 4. The number of ether oxygens (including phenoxy) is 1. The summed E-state index contributed by atoms with van der Waals surface area (Å²) in [5.41, 5.74) is 4.42. The molecule has 10 nitrogen and oxygen atoms in total. The van der Waals surface area contributed by atoms with Crippen molar-refractivity contribution in [3.8, 4) is 22.9 Å². The minimum Gasteiger partial charge on any atom is -0.457 e. The van der Waals surface area contributed by atoms with E-state index in [2.05, 4.69) is 10.1 Å². The maximum Gasteiger partial charge on any atom is 0.265 e. The number of anilines is 1. The molecular weight excluding hydrogens is 580 g/mol. The number of alkyl halides is 1. The van der Waals surface area contributed by atoms with Crippen LogP contribution >= 0.6 is 0 Å². The molecular formula is C30H29F2N5O5S. The molecule has 1 fully saturated rings. The molecule has 6 rings (SSSR count). The van der Waals surface area contributed by atoms with Crippen LogP contribution in [0.1, 0.15) is 24.3 Å². The number of fused-ring (bicyclic) bond motifs is 1. The number of aromatic nitrogens is 2. The third kappa shape index (κ3) is 5.75. The van der Waals surface area contributed by atoms with Gasteiger partial charge in [-0.3, -0.25) is 4.79 Å². The lowest BCUT2D eigenvalue weighted by Gasteiger charge is -2.32. The van der Waals surface area contributed by atoms with Crippen LogP contribution in [0.15, 0.2) is 76.1 Å². The molecule has 3 heterocycles. The second-order valence-electron chi connectivity index (χ2n) is 10.9. The van der Waals surface area contributed by atoms with Crippen LogP contribution in [0.3, 0.4) is 0 Å². The Morgan fingerprint density at radius 2 is 1.84 bits per heavy atom. The van der Waals surface area contributed by atoms with E-state index in [9.17, 15) is 13.2 Å². The van der Waals surface area contributed by atoms with Crippen molar-refractivity contribution in [3.63, 3.8) is 0 Å². The number of halogens is 2. The highest BCUT2D eigenvalue weighted by atomic mass is 32.2. The topological polar surface area (TPSA) is 132 Å². The average molecular weight is 610 g/mol. The quantitative estimate of drug-likeness (QED) is 0.342. The summed E-state index contributed by atoms with van der Waals surface area (Å²) in [6.45, 7) is 0.688. The molecule has 2 atom stereocenters. The van der Waals surface area contributed by atoms with E-state index in [0.717, 1.165) is 12.6 Å². The summed E-state index contributed by atoms with van der Waals surface area (Å²) in [6.07, 6.45) is 0.742. The minimum atomic E-state index is -4.15. The smallest absolute Gasteiger partial charge is 0.265 e. The van der Waals surface area contributed by atoms with Crippen LogP contribution in [-0.4, -0.2) is 61.3 Å². The van der Waals surface area contributed by atoms with Crippen LogP contribution in [0.4, 0.5) is 14.5 Å². The van der Waals surface area contributed by atoms with Crippen molar-refractivity contribution >= 4 is 21.4 Å². The maximum absolute atomic E-state index is 15.7. The molecule has 0 aliphatic carbocycles. The highest BCUT2D eigenvalue weighted by Crippen LogP contribution is 2.39. The molecule has 0 radical (unpaired) electrons. The van der Waals surface area contributed by atoms with E-state index in [-0.39, 0.29) is 42.5 Å².